The van der Waals surface area contributed by atoms with Gasteiger partial charge in [-0.3, -0.25) is 9.52 Å². The van der Waals surface area contributed by atoms with Crippen LogP contribution in [-0.2, 0) is 10.0 Å². The number of carbonyl (C=O) groups excluding carboxylic acids is 1. The minimum Gasteiger partial charge on any atom is -0.493 e. The molecule has 1 atom stereocenters. The molecule has 2 aromatic carbocycles. The number of sulfonamides is 1. The van der Waals surface area contributed by atoms with Crippen LogP contribution in [-0.4, -0.2) is 34.8 Å². The van der Waals surface area contributed by atoms with Gasteiger partial charge in [0.2, 0.25) is 10.0 Å². The van der Waals surface area contributed by atoms with E-state index in [1.165, 1.54) is 0 Å². The normalized spacial score (nSPS) is 12.1. The Morgan fingerprint density at radius 1 is 1.04 bits per heavy atom. The molecule has 0 unspecified atom stereocenters. The fraction of sp³-hybridized carbons (Fsp3) is 0.316. The van der Waals surface area contributed by atoms with Crippen LogP contribution < -0.4 is 19.5 Å². The average Bonchev–Trinajstić information content (AvgIpc) is 2.64. The van der Waals surface area contributed by atoms with Crippen LogP contribution in [0.1, 0.15) is 35.3 Å². The van der Waals surface area contributed by atoms with Crippen molar-refractivity contribution in [3.05, 3.63) is 53.6 Å². The Bertz CT molecular complexity index is 895. The maximum atomic E-state index is 12.6. The first-order valence-corrected chi connectivity index (χ1v) is 10.3. The number of benzene rings is 2. The number of hydrogen-bond acceptors (Lipinski definition) is 5. The smallest absolute Gasteiger partial charge is 0.251 e. The Hall–Kier alpha value is -2.74. The van der Waals surface area contributed by atoms with Gasteiger partial charge >= 0.3 is 0 Å². The molecule has 0 aromatic heterocycles. The van der Waals surface area contributed by atoms with E-state index in [2.05, 4.69) is 10.0 Å². The first kappa shape index (κ1) is 20.6. The number of anilines is 1. The van der Waals surface area contributed by atoms with Gasteiger partial charge in [0, 0.05) is 11.3 Å². The molecule has 2 rings (SSSR count). The zero-order valence-electron chi connectivity index (χ0n) is 15.8. The maximum Gasteiger partial charge on any atom is 0.251 e. The minimum absolute atomic E-state index is 0.203. The third kappa shape index (κ3) is 5.62. The second-order valence-electron chi connectivity index (χ2n) is 6.00. The summed E-state index contributed by atoms with van der Waals surface area (Å²) in [6, 6.07) is 11.6. The molecule has 27 heavy (non-hydrogen) atoms. The predicted octanol–water partition coefficient (Wildman–Crippen LogP) is 2.96. The molecule has 2 aromatic rings. The molecule has 8 heteroatoms. The largest absolute Gasteiger partial charge is 0.493 e. The zero-order valence-corrected chi connectivity index (χ0v) is 16.6. The molecule has 0 radical (unpaired) electrons. The Kier molecular flexibility index (Phi) is 6.68. The highest BCUT2D eigenvalue weighted by Gasteiger charge is 2.16. The fourth-order valence-electron chi connectivity index (χ4n) is 2.64. The lowest BCUT2D eigenvalue weighted by Gasteiger charge is -2.19. The van der Waals surface area contributed by atoms with Gasteiger partial charge in [0.25, 0.3) is 5.91 Å². The van der Waals surface area contributed by atoms with Crippen LogP contribution in [0.4, 0.5) is 5.69 Å². The summed E-state index contributed by atoms with van der Waals surface area (Å²) in [7, 11) is -0.223. The third-order valence-corrected chi connectivity index (χ3v) is 4.58. The van der Waals surface area contributed by atoms with Crippen molar-refractivity contribution in [2.24, 2.45) is 0 Å². The predicted molar refractivity (Wildman–Crippen MR) is 105 cm³/mol. The SMILES string of the molecule is CC[C@H](NC(=O)c1ccc(NS(C)(=O)=O)cc1)c1ccc(OC)c(OC)c1. The highest BCUT2D eigenvalue weighted by atomic mass is 32.2. The summed E-state index contributed by atoms with van der Waals surface area (Å²) in [4.78, 5) is 12.6. The van der Waals surface area contributed by atoms with Crippen molar-refractivity contribution in [2.75, 3.05) is 25.2 Å². The second-order valence-corrected chi connectivity index (χ2v) is 7.75. The van der Waals surface area contributed by atoms with Gasteiger partial charge in [-0.1, -0.05) is 13.0 Å². The van der Waals surface area contributed by atoms with E-state index in [1.807, 2.05) is 19.1 Å². The van der Waals surface area contributed by atoms with E-state index in [4.69, 9.17) is 9.47 Å². The summed E-state index contributed by atoms with van der Waals surface area (Å²) in [5.74, 6) is 0.970. The van der Waals surface area contributed by atoms with Gasteiger partial charge in [-0.2, -0.15) is 0 Å². The van der Waals surface area contributed by atoms with Crippen LogP contribution in [0.15, 0.2) is 42.5 Å². The van der Waals surface area contributed by atoms with E-state index in [0.29, 0.717) is 29.2 Å². The molecule has 0 fully saturated rings. The lowest BCUT2D eigenvalue weighted by Crippen LogP contribution is -2.28. The van der Waals surface area contributed by atoms with Crippen LogP contribution in [0.2, 0.25) is 0 Å². The van der Waals surface area contributed by atoms with Crippen LogP contribution >= 0.6 is 0 Å². The van der Waals surface area contributed by atoms with Crippen LogP contribution in [0.3, 0.4) is 0 Å². The van der Waals surface area contributed by atoms with Crippen molar-refractivity contribution < 1.29 is 22.7 Å². The summed E-state index contributed by atoms with van der Waals surface area (Å²) in [5, 5.41) is 2.98. The third-order valence-electron chi connectivity index (χ3n) is 3.97. The number of carbonyl (C=O) groups is 1. The Morgan fingerprint density at radius 3 is 2.19 bits per heavy atom. The van der Waals surface area contributed by atoms with Gasteiger partial charge in [0.15, 0.2) is 11.5 Å². The molecular formula is C19H24N2O5S. The second kappa shape index (κ2) is 8.77. The van der Waals surface area contributed by atoms with Gasteiger partial charge in [0.1, 0.15) is 0 Å². The van der Waals surface area contributed by atoms with E-state index < -0.39 is 10.0 Å². The van der Waals surface area contributed by atoms with Crippen molar-refractivity contribution in [1.29, 1.82) is 0 Å². The molecule has 0 aliphatic heterocycles. The molecule has 0 aliphatic rings. The molecule has 7 nitrogen and oxygen atoms in total. The molecule has 0 saturated carbocycles. The molecule has 0 bridgehead atoms. The van der Waals surface area contributed by atoms with Gasteiger partial charge in [-0.25, -0.2) is 8.42 Å². The number of amides is 1. The summed E-state index contributed by atoms with van der Waals surface area (Å²) in [6.07, 6.45) is 1.76. The number of rotatable bonds is 8. The topological polar surface area (TPSA) is 93.7 Å². The van der Waals surface area contributed by atoms with Crippen molar-refractivity contribution in [3.8, 4) is 11.5 Å². The van der Waals surface area contributed by atoms with Crippen LogP contribution in [0, 0.1) is 0 Å². The molecule has 2 N–H and O–H groups in total. The highest BCUT2D eigenvalue weighted by molar-refractivity contribution is 7.92. The average molecular weight is 392 g/mol. The first-order chi connectivity index (χ1) is 12.8. The molecule has 0 heterocycles. The standard InChI is InChI=1S/C19H24N2O5S/c1-5-16(14-8-11-17(25-2)18(12-14)26-3)20-19(22)13-6-9-15(10-7-13)21-27(4,23)24/h6-12,16,21H,5H2,1-4H3,(H,20,22)/t16-/m0/s1. The Labute approximate surface area is 159 Å². The molecule has 0 spiro atoms. The highest BCUT2D eigenvalue weighted by Crippen LogP contribution is 2.31. The summed E-state index contributed by atoms with van der Waals surface area (Å²) < 4.78 is 35.4. The number of methoxy groups -OCH3 is 2. The van der Waals surface area contributed by atoms with Gasteiger partial charge in [-0.05, 0) is 48.4 Å². The van der Waals surface area contributed by atoms with Crippen LogP contribution in [0.25, 0.3) is 0 Å². The quantitative estimate of drug-likeness (QED) is 0.720. The molecule has 146 valence electrons. The Morgan fingerprint density at radius 2 is 1.67 bits per heavy atom. The first-order valence-electron chi connectivity index (χ1n) is 8.38. The van der Waals surface area contributed by atoms with Gasteiger partial charge < -0.3 is 14.8 Å². The lowest BCUT2D eigenvalue weighted by atomic mass is 10.0. The van der Waals surface area contributed by atoms with E-state index in [9.17, 15) is 13.2 Å². The lowest BCUT2D eigenvalue weighted by molar-refractivity contribution is 0.0935. The number of hydrogen-bond donors (Lipinski definition) is 2. The molecular weight excluding hydrogens is 368 g/mol. The Balaban J connectivity index is 2.15. The summed E-state index contributed by atoms with van der Waals surface area (Å²) in [6.45, 7) is 1.97. The summed E-state index contributed by atoms with van der Waals surface area (Å²) >= 11 is 0. The molecule has 0 aliphatic carbocycles. The monoisotopic (exact) mass is 392 g/mol. The van der Waals surface area contributed by atoms with Crippen molar-refractivity contribution in [3.63, 3.8) is 0 Å². The van der Waals surface area contributed by atoms with Crippen LogP contribution in [0.5, 0.6) is 11.5 Å². The van der Waals surface area contributed by atoms with Crippen molar-refractivity contribution in [2.45, 2.75) is 19.4 Å². The number of nitrogens with one attached hydrogen (secondary N) is 2. The van der Waals surface area contributed by atoms with E-state index in [0.717, 1.165) is 11.8 Å². The summed E-state index contributed by atoms with van der Waals surface area (Å²) in [5.41, 5.74) is 1.74. The van der Waals surface area contributed by atoms with E-state index in [-0.39, 0.29) is 11.9 Å². The van der Waals surface area contributed by atoms with Crippen molar-refractivity contribution >= 4 is 21.6 Å². The molecule has 0 saturated heterocycles. The van der Waals surface area contributed by atoms with E-state index in [1.54, 1.807) is 44.6 Å². The van der Waals surface area contributed by atoms with E-state index >= 15 is 0 Å². The number of ether oxygens (including phenoxy) is 2. The maximum absolute atomic E-state index is 12.6. The zero-order chi connectivity index (χ0) is 20.0. The minimum atomic E-state index is -3.35. The van der Waals surface area contributed by atoms with Gasteiger partial charge in [-0.15, -0.1) is 0 Å². The van der Waals surface area contributed by atoms with Gasteiger partial charge in [0.05, 0.1) is 26.5 Å². The fourth-order valence-corrected chi connectivity index (χ4v) is 3.20. The van der Waals surface area contributed by atoms with Crippen molar-refractivity contribution in [1.82, 2.24) is 5.32 Å². The molecule has 1 amide bonds.